The van der Waals surface area contributed by atoms with Crippen LogP contribution in [0.2, 0.25) is 0 Å². The Bertz CT molecular complexity index is 269. The molecule has 0 fully saturated rings. The molecule has 0 aromatic carbocycles. The SMILES string of the molecule is C#CC(=C/C)/C(F)=N\C(=C)NC. The first kappa shape index (κ1) is 10.4. The Morgan fingerprint density at radius 3 is 2.67 bits per heavy atom. The minimum atomic E-state index is -0.695. The third-order valence-electron chi connectivity index (χ3n) is 1.19. The minimum absolute atomic E-state index is 0.131. The lowest BCUT2D eigenvalue weighted by molar-refractivity contribution is 0.796. The molecule has 0 rings (SSSR count). The molecule has 0 aliphatic carbocycles. The standard InChI is InChI=1S/C9H11FN2/c1-5-8(6-2)9(10)12-7(3)11-4/h1,6,11H,3H2,2,4H3/b8-6-,12-9+. The summed E-state index contributed by atoms with van der Waals surface area (Å²) in [7, 11) is 1.60. The summed E-state index contributed by atoms with van der Waals surface area (Å²) in [5, 5.41) is 2.58. The van der Waals surface area contributed by atoms with E-state index in [4.69, 9.17) is 6.42 Å². The van der Waals surface area contributed by atoms with Gasteiger partial charge in [0.1, 0.15) is 5.82 Å². The molecule has 0 unspecified atom stereocenters. The monoisotopic (exact) mass is 166 g/mol. The van der Waals surface area contributed by atoms with Crippen molar-refractivity contribution in [2.45, 2.75) is 6.92 Å². The van der Waals surface area contributed by atoms with Crippen LogP contribution in [0.1, 0.15) is 6.92 Å². The molecule has 12 heavy (non-hydrogen) atoms. The average Bonchev–Trinajstić information content (AvgIpc) is 2.06. The van der Waals surface area contributed by atoms with E-state index >= 15 is 0 Å². The van der Waals surface area contributed by atoms with Gasteiger partial charge in [-0.15, -0.1) is 6.42 Å². The summed E-state index contributed by atoms with van der Waals surface area (Å²) in [5.74, 6) is 1.71. The lowest BCUT2D eigenvalue weighted by atomic mass is 10.3. The molecule has 0 aliphatic heterocycles. The first-order valence-electron chi connectivity index (χ1n) is 3.39. The summed E-state index contributed by atoms with van der Waals surface area (Å²) in [6.07, 6.45) is 6.49. The highest BCUT2D eigenvalue weighted by Crippen LogP contribution is 2.00. The van der Waals surface area contributed by atoms with Gasteiger partial charge in [0.15, 0.2) is 0 Å². The number of rotatable bonds is 3. The van der Waals surface area contributed by atoms with E-state index in [1.54, 1.807) is 14.0 Å². The van der Waals surface area contributed by atoms with Crippen LogP contribution in [0, 0.1) is 12.3 Å². The van der Waals surface area contributed by atoms with Gasteiger partial charge >= 0.3 is 0 Å². The largest absolute Gasteiger partial charge is 0.374 e. The van der Waals surface area contributed by atoms with Crippen molar-refractivity contribution in [1.82, 2.24) is 5.32 Å². The van der Waals surface area contributed by atoms with Gasteiger partial charge in [-0.3, -0.25) is 0 Å². The van der Waals surface area contributed by atoms with Crippen LogP contribution >= 0.6 is 0 Å². The normalized spacial score (nSPS) is 12.2. The minimum Gasteiger partial charge on any atom is -0.374 e. The Balaban J connectivity index is 4.60. The number of allylic oxidation sites excluding steroid dienone is 2. The molecular weight excluding hydrogens is 155 g/mol. The highest BCUT2D eigenvalue weighted by molar-refractivity contribution is 5.97. The maximum absolute atomic E-state index is 12.9. The quantitative estimate of drug-likeness (QED) is 0.500. The molecule has 0 amide bonds. The molecule has 0 aliphatic rings. The van der Waals surface area contributed by atoms with Crippen molar-refractivity contribution in [1.29, 1.82) is 0 Å². The number of nitrogens with zero attached hydrogens (tertiary/aromatic N) is 1. The zero-order valence-electron chi connectivity index (χ0n) is 7.19. The van der Waals surface area contributed by atoms with Gasteiger partial charge in [0.2, 0.25) is 5.97 Å². The van der Waals surface area contributed by atoms with Crippen LogP contribution in [0.25, 0.3) is 0 Å². The Kier molecular flexibility index (Phi) is 4.47. The molecule has 2 nitrogen and oxygen atoms in total. The molecule has 3 heteroatoms. The van der Waals surface area contributed by atoms with E-state index in [1.165, 1.54) is 6.08 Å². The van der Waals surface area contributed by atoms with E-state index in [1.807, 2.05) is 0 Å². The Labute approximate surface area is 71.9 Å². The molecule has 64 valence electrons. The van der Waals surface area contributed by atoms with Crippen molar-refractivity contribution in [3.05, 3.63) is 24.0 Å². The molecular formula is C9H11FN2. The van der Waals surface area contributed by atoms with Gasteiger partial charge in [-0.2, -0.15) is 4.39 Å². The molecule has 0 saturated heterocycles. The van der Waals surface area contributed by atoms with E-state index in [0.29, 0.717) is 0 Å². The maximum atomic E-state index is 12.9. The molecule has 0 aromatic rings. The lowest BCUT2D eigenvalue weighted by Crippen LogP contribution is -2.04. The van der Waals surface area contributed by atoms with Crippen molar-refractivity contribution in [2.24, 2.45) is 4.99 Å². The van der Waals surface area contributed by atoms with Crippen LogP contribution in [0.4, 0.5) is 4.39 Å². The predicted molar refractivity (Wildman–Crippen MR) is 49.3 cm³/mol. The first-order chi connectivity index (χ1) is 5.65. The number of halogens is 1. The molecule has 0 saturated carbocycles. The van der Waals surface area contributed by atoms with Crippen molar-refractivity contribution >= 4 is 5.97 Å². The van der Waals surface area contributed by atoms with Crippen LogP contribution in [-0.4, -0.2) is 13.0 Å². The van der Waals surface area contributed by atoms with Crippen LogP contribution in [0.3, 0.4) is 0 Å². The number of aliphatic imine (C=N–C) groups is 1. The summed E-state index contributed by atoms with van der Waals surface area (Å²) in [6, 6.07) is 0. The summed E-state index contributed by atoms with van der Waals surface area (Å²) in [4.78, 5) is 3.47. The molecule has 0 radical (unpaired) electrons. The molecule has 0 spiro atoms. The Hall–Kier alpha value is -1.56. The maximum Gasteiger partial charge on any atom is 0.230 e. The van der Waals surface area contributed by atoms with E-state index in [0.717, 1.165) is 0 Å². The van der Waals surface area contributed by atoms with E-state index in [9.17, 15) is 4.39 Å². The van der Waals surface area contributed by atoms with Gasteiger partial charge in [-0.1, -0.05) is 18.6 Å². The smallest absolute Gasteiger partial charge is 0.230 e. The van der Waals surface area contributed by atoms with Crippen molar-refractivity contribution < 1.29 is 4.39 Å². The van der Waals surface area contributed by atoms with Gasteiger partial charge < -0.3 is 5.32 Å². The van der Waals surface area contributed by atoms with E-state index in [2.05, 4.69) is 22.8 Å². The molecule has 0 bridgehead atoms. The zero-order valence-corrected chi connectivity index (χ0v) is 7.19. The van der Waals surface area contributed by atoms with Crippen molar-refractivity contribution in [3.63, 3.8) is 0 Å². The summed E-state index contributed by atoms with van der Waals surface area (Å²) in [6.45, 7) is 5.07. The highest BCUT2D eigenvalue weighted by Gasteiger charge is 2.00. The van der Waals surface area contributed by atoms with Crippen LogP contribution in [0.5, 0.6) is 0 Å². The third-order valence-corrected chi connectivity index (χ3v) is 1.19. The summed E-state index contributed by atoms with van der Waals surface area (Å²) < 4.78 is 12.9. The average molecular weight is 166 g/mol. The predicted octanol–water partition coefficient (Wildman–Crippen LogP) is 1.62. The number of hydrogen-bond donors (Lipinski definition) is 1. The van der Waals surface area contributed by atoms with Crippen molar-refractivity contribution in [3.8, 4) is 12.3 Å². The first-order valence-corrected chi connectivity index (χ1v) is 3.39. The second-order valence-electron chi connectivity index (χ2n) is 1.95. The van der Waals surface area contributed by atoms with Crippen LogP contribution in [-0.2, 0) is 0 Å². The van der Waals surface area contributed by atoms with E-state index in [-0.39, 0.29) is 11.4 Å². The van der Waals surface area contributed by atoms with E-state index < -0.39 is 5.97 Å². The third kappa shape index (κ3) is 3.02. The van der Waals surface area contributed by atoms with Gasteiger partial charge in [0.05, 0.1) is 5.57 Å². The van der Waals surface area contributed by atoms with Gasteiger partial charge in [0.25, 0.3) is 0 Å². The van der Waals surface area contributed by atoms with Crippen LogP contribution < -0.4 is 5.32 Å². The summed E-state index contributed by atoms with van der Waals surface area (Å²) in [5.41, 5.74) is 0.131. The number of nitrogens with one attached hydrogen (secondary N) is 1. The van der Waals surface area contributed by atoms with Crippen molar-refractivity contribution in [2.75, 3.05) is 7.05 Å². The zero-order chi connectivity index (χ0) is 9.56. The fourth-order valence-corrected chi connectivity index (χ4v) is 0.497. The second-order valence-corrected chi connectivity index (χ2v) is 1.95. The van der Waals surface area contributed by atoms with Gasteiger partial charge in [-0.25, -0.2) is 4.99 Å². The van der Waals surface area contributed by atoms with Gasteiger partial charge in [-0.05, 0) is 6.92 Å². The highest BCUT2D eigenvalue weighted by atomic mass is 19.1. The molecule has 0 aromatic heterocycles. The second kappa shape index (κ2) is 5.14. The number of terminal acetylenes is 1. The Morgan fingerprint density at radius 2 is 2.33 bits per heavy atom. The number of hydrogen-bond acceptors (Lipinski definition) is 2. The van der Waals surface area contributed by atoms with Crippen LogP contribution in [0.15, 0.2) is 29.0 Å². The Morgan fingerprint density at radius 1 is 1.75 bits per heavy atom. The molecule has 1 N–H and O–H groups in total. The topological polar surface area (TPSA) is 24.4 Å². The molecule has 0 heterocycles. The molecule has 0 atom stereocenters. The fraction of sp³-hybridized carbons (Fsp3) is 0.222. The fourth-order valence-electron chi connectivity index (χ4n) is 0.497. The van der Waals surface area contributed by atoms with Gasteiger partial charge in [0, 0.05) is 7.05 Å². The lowest BCUT2D eigenvalue weighted by Gasteiger charge is -1.97. The summed E-state index contributed by atoms with van der Waals surface area (Å²) >= 11 is 0.